The Labute approximate surface area is 131 Å². The molecule has 3 nitrogen and oxygen atoms in total. The van der Waals surface area contributed by atoms with E-state index in [9.17, 15) is 9.18 Å². The van der Waals surface area contributed by atoms with Gasteiger partial charge in [-0.05, 0) is 58.7 Å². The number of hydrogen-bond acceptors (Lipinski definition) is 2. The van der Waals surface area contributed by atoms with Gasteiger partial charge >= 0.3 is 0 Å². The number of anilines is 1. The Morgan fingerprint density at radius 3 is 2.71 bits per heavy atom. The molecule has 5 heteroatoms. The van der Waals surface area contributed by atoms with Crippen molar-refractivity contribution < 1.29 is 13.9 Å². The summed E-state index contributed by atoms with van der Waals surface area (Å²) in [6, 6.07) is 11.6. The molecule has 0 heterocycles. The Hall–Kier alpha value is -1.72. The minimum absolute atomic E-state index is 0.0630. The predicted octanol–water partition coefficient (Wildman–Crippen LogP) is 4.55. The zero-order valence-corrected chi connectivity index (χ0v) is 13.3. The monoisotopic (exact) mass is 351 g/mol. The van der Waals surface area contributed by atoms with E-state index in [1.54, 1.807) is 19.2 Å². The summed E-state index contributed by atoms with van der Waals surface area (Å²) in [5.41, 5.74) is 1.86. The fraction of sp³-hybridized carbons (Fsp3) is 0.188. The van der Waals surface area contributed by atoms with Crippen LogP contribution < -0.4 is 5.32 Å². The van der Waals surface area contributed by atoms with Crippen LogP contribution in [0, 0.1) is 5.82 Å². The number of carbonyl (C=O) groups is 1. The van der Waals surface area contributed by atoms with Crippen molar-refractivity contribution in [1.82, 2.24) is 0 Å². The third-order valence-electron chi connectivity index (χ3n) is 3.15. The number of methoxy groups -OCH3 is 1. The molecule has 0 aliphatic heterocycles. The SMILES string of the molecule is COC(C)c1cccc(NC(=O)c2ccc(Br)c(F)c2)c1. The number of amides is 1. The number of hydrogen-bond donors (Lipinski definition) is 1. The summed E-state index contributed by atoms with van der Waals surface area (Å²) in [5.74, 6) is -0.826. The lowest BCUT2D eigenvalue weighted by Crippen LogP contribution is -2.12. The normalized spacial score (nSPS) is 12.0. The second-order valence-corrected chi connectivity index (χ2v) is 5.44. The fourth-order valence-corrected chi connectivity index (χ4v) is 2.09. The van der Waals surface area contributed by atoms with Gasteiger partial charge in [0.2, 0.25) is 0 Å². The van der Waals surface area contributed by atoms with Crippen molar-refractivity contribution in [1.29, 1.82) is 0 Å². The molecule has 0 saturated heterocycles. The Bertz CT molecular complexity index is 660. The van der Waals surface area contributed by atoms with E-state index in [0.29, 0.717) is 10.2 Å². The first-order valence-electron chi connectivity index (χ1n) is 6.40. The van der Waals surface area contributed by atoms with Crippen LogP contribution >= 0.6 is 15.9 Å². The Morgan fingerprint density at radius 2 is 2.05 bits per heavy atom. The zero-order chi connectivity index (χ0) is 15.4. The van der Waals surface area contributed by atoms with Crippen LogP contribution in [-0.4, -0.2) is 13.0 Å². The molecule has 21 heavy (non-hydrogen) atoms. The molecule has 1 unspecified atom stereocenters. The second-order valence-electron chi connectivity index (χ2n) is 4.59. The molecule has 0 radical (unpaired) electrons. The highest BCUT2D eigenvalue weighted by Gasteiger charge is 2.10. The lowest BCUT2D eigenvalue weighted by Gasteiger charge is -2.12. The van der Waals surface area contributed by atoms with E-state index in [4.69, 9.17) is 4.74 Å². The topological polar surface area (TPSA) is 38.3 Å². The van der Waals surface area contributed by atoms with Gasteiger partial charge in [-0.2, -0.15) is 0 Å². The highest BCUT2D eigenvalue weighted by Crippen LogP contribution is 2.21. The van der Waals surface area contributed by atoms with Crippen molar-refractivity contribution in [2.24, 2.45) is 0 Å². The molecule has 0 fully saturated rings. The van der Waals surface area contributed by atoms with Crippen molar-refractivity contribution >= 4 is 27.5 Å². The van der Waals surface area contributed by atoms with E-state index < -0.39 is 5.82 Å². The van der Waals surface area contributed by atoms with Crippen LogP contribution in [0.2, 0.25) is 0 Å². The Balaban J connectivity index is 2.17. The van der Waals surface area contributed by atoms with E-state index in [1.165, 1.54) is 12.1 Å². The van der Waals surface area contributed by atoms with E-state index in [1.807, 2.05) is 25.1 Å². The Kier molecular flexibility index (Phi) is 5.09. The van der Waals surface area contributed by atoms with E-state index in [-0.39, 0.29) is 17.6 Å². The third kappa shape index (κ3) is 3.89. The van der Waals surface area contributed by atoms with Gasteiger partial charge in [0.25, 0.3) is 5.91 Å². The van der Waals surface area contributed by atoms with Crippen LogP contribution in [0.1, 0.15) is 28.9 Å². The van der Waals surface area contributed by atoms with Crippen molar-refractivity contribution in [2.75, 3.05) is 12.4 Å². The molecule has 0 saturated carbocycles. The summed E-state index contributed by atoms with van der Waals surface area (Å²) >= 11 is 3.06. The molecule has 2 rings (SSSR count). The zero-order valence-electron chi connectivity index (χ0n) is 11.7. The second kappa shape index (κ2) is 6.83. The minimum Gasteiger partial charge on any atom is -0.377 e. The first kappa shape index (κ1) is 15.7. The first-order chi connectivity index (χ1) is 10.0. The number of ether oxygens (including phenoxy) is 1. The number of nitrogens with one attached hydrogen (secondary N) is 1. The molecule has 110 valence electrons. The third-order valence-corrected chi connectivity index (χ3v) is 3.79. The minimum atomic E-state index is -0.468. The Morgan fingerprint density at radius 1 is 1.29 bits per heavy atom. The van der Waals surface area contributed by atoms with Gasteiger partial charge in [-0.15, -0.1) is 0 Å². The molecule has 0 aliphatic rings. The van der Waals surface area contributed by atoms with Gasteiger partial charge < -0.3 is 10.1 Å². The first-order valence-corrected chi connectivity index (χ1v) is 7.19. The van der Waals surface area contributed by atoms with Crippen LogP contribution in [0.3, 0.4) is 0 Å². The quantitative estimate of drug-likeness (QED) is 0.877. The van der Waals surface area contributed by atoms with E-state index in [0.717, 1.165) is 5.56 Å². The maximum absolute atomic E-state index is 13.5. The van der Waals surface area contributed by atoms with Gasteiger partial charge in [-0.3, -0.25) is 4.79 Å². The summed E-state index contributed by atoms with van der Waals surface area (Å²) in [4.78, 5) is 12.1. The molecule has 1 amide bonds. The molecule has 1 atom stereocenters. The number of carbonyl (C=O) groups excluding carboxylic acids is 1. The van der Waals surface area contributed by atoms with Crippen molar-refractivity contribution in [3.63, 3.8) is 0 Å². The van der Waals surface area contributed by atoms with Crippen molar-refractivity contribution in [3.8, 4) is 0 Å². The van der Waals surface area contributed by atoms with Gasteiger partial charge in [0.1, 0.15) is 5.82 Å². The van der Waals surface area contributed by atoms with Crippen molar-refractivity contribution in [3.05, 3.63) is 63.9 Å². The maximum atomic E-state index is 13.5. The van der Waals surface area contributed by atoms with Crippen LogP contribution in [0.5, 0.6) is 0 Å². The highest BCUT2D eigenvalue weighted by molar-refractivity contribution is 9.10. The molecule has 1 N–H and O–H groups in total. The molecular weight excluding hydrogens is 337 g/mol. The molecule has 2 aromatic carbocycles. The average Bonchev–Trinajstić information content (AvgIpc) is 2.49. The molecule has 2 aromatic rings. The highest BCUT2D eigenvalue weighted by atomic mass is 79.9. The summed E-state index contributed by atoms with van der Waals surface area (Å²) in [6.45, 7) is 1.92. The maximum Gasteiger partial charge on any atom is 0.255 e. The molecule has 0 aliphatic carbocycles. The lowest BCUT2D eigenvalue weighted by molar-refractivity contribution is 0.102. The van der Waals surface area contributed by atoms with Gasteiger partial charge in [0.15, 0.2) is 0 Å². The predicted molar refractivity (Wildman–Crippen MR) is 83.9 cm³/mol. The average molecular weight is 352 g/mol. The molecule has 0 aromatic heterocycles. The van der Waals surface area contributed by atoms with Crippen LogP contribution in [0.4, 0.5) is 10.1 Å². The molecule has 0 spiro atoms. The van der Waals surface area contributed by atoms with Crippen molar-refractivity contribution in [2.45, 2.75) is 13.0 Å². The van der Waals surface area contributed by atoms with Gasteiger partial charge in [-0.25, -0.2) is 4.39 Å². The number of halogens is 2. The van der Waals surface area contributed by atoms with Gasteiger partial charge in [-0.1, -0.05) is 12.1 Å². The largest absolute Gasteiger partial charge is 0.377 e. The number of rotatable bonds is 4. The standard InChI is InChI=1S/C16H15BrFNO2/c1-10(21-2)11-4-3-5-13(8-11)19-16(20)12-6-7-14(17)15(18)9-12/h3-10H,1-2H3,(H,19,20). The van der Waals surface area contributed by atoms with Gasteiger partial charge in [0, 0.05) is 18.4 Å². The molecule has 0 bridgehead atoms. The summed E-state index contributed by atoms with van der Waals surface area (Å²) in [6.07, 6.45) is -0.0630. The van der Waals surface area contributed by atoms with Crippen LogP contribution in [0.15, 0.2) is 46.9 Å². The molecular formula is C16H15BrFNO2. The van der Waals surface area contributed by atoms with Crippen LogP contribution in [0.25, 0.3) is 0 Å². The smallest absolute Gasteiger partial charge is 0.255 e. The summed E-state index contributed by atoms with van der Waals surface area (Å²) in [7, 11) is 1.63. The van der Waals surface area contributed by atoms with Crippen LogP contribution in [-0.2, 0) is 4.74 Å². The fourth-order valence-electron chi connectivity index (χ4n) is 1.85. The van der Waals surface area contributed by atoms with Gasteiger partial charge in [0.05, 0.1) is 10.6 Å². The number of benzene rings is 2. The van der Waals surface area contributed by atoms with E-state index in [2.05, 4.69) is 21.2 Å². The summed E-state index contributed by atoms with van der Waals surface area (Å²) in [5, 5.41) is 2.75. The lowest BCUT2D eigenvalue weighted by atomic mass is 10.1. The summed E-state index contributed by atoms with van der Waals surface area (Å²) < 4.78 is 19.0. The van der Waals surface area contributed by atoms with E-state index >= 15 is 0 Å².